The number of aromatic nitrogens is 4. The normalized spacial score (nSPS) is 22.5. The Morgan fingerprint density at radius 1 is 1.18 bits per heavy atom. The molecule has 1 saturated carbocycles. The van der Waals surface area contributed by atoms with E-state index in [-0.39, 0.29) is 29.5 Å². The fraction of sp³-hybridized carbons (Fsp3) is 0.556. The van der Waals surface area contributed by atoms with Crippen LogP contribution in [0.1, 0.15) is 81.3 Å². The summed E-state index contributed by atoms with van der Waals surface area (Å²) >= 11 is 0. The van der Waals surface area contributed by atoms with E-state index in [1.54, 1.807) is 4.90 Å². The zero-order chi connectivity index (χ0) is 27.1. The van der Waals surface area contributed by atoms with Gasteiger partial charge in [0.1, 0.15) is 5.82 Å². The number of methoxy groups -OCH3 is 1. The number of aryl methyl sites for hydroxylation is 1. The molecule has 0 radical (unpaired) electrons. The second-order valence-electron chi connectivity index (χ2n) is 10.5. The number of imidazole rings is 1. The van der Waals surface area contributed by atoms with E-state index in [4.69, 9.17) is 9.72 Å². The summed E-state index contributed by atoms with van der Waals surface area (Å²) in [6.45, 7) is 4.36. The number of rotatable bonds is 6. The molecule has 1 aromatic carbocycles. The fourth-order valence-electron chi connectivity index (χ4n) is 6.06. The molecule has 1 amide bonds. The number of amides is 1. The van der Waals surface area contributed by atoms with Gasteiger partial charge in [-0.1, -0.05) is 6.92 Å². The molecular weight excluding hydrogens is 496 g/mol. The summed E-state index contributed by atoms with van der Waals surface area (Å²) in [7, 11) is 1.37. The van der Waals surface area contributed by atoms with E-state index in [1.165, 1.54) is 24.2 Å². The van der Waals surface area contributed by atoms with Gasteiger partial charge in [0, 0.05) is 29.8 Å². The summed E-state index contributed by atoms with van der Waals surface area (Å²) in [4.78, 5) is 31.0. The van der Waals surface area contributed by atoms with Gasteiger partial charge in [0.25, 0.3) is 6.43 Å². The lowest BCUT2D eigenvalue weighted by molar-refractivity contribution is -0.143. The lowest BCUT2D eigenvalue weighted by atomic mass is 9.85. The van der Waals surface area contributed by atoms with Crippen LogP contribution in [0.15, 0.2) is 24.5 Å². The molecular formula is C27H33F2N5O4. The molecule has 3 heterocycles. The van der Waals surface area contributed by atoms with Gasteiger partial charge >= 0.3 is 12.1 Å². The van der Waals surface area contributed by atoms with Crippen LogP contribution in [-0.2, 0) is 22.5 Å². The second kappa shape index (κ2) is 10.3. The Hall–Kier alpha value is -3.50. The monoisotopic (exact) mass is 529 g/mol. The van der Waals surface area contributed by atoms with Gasteiger partial charge in [-0.3, -0.25) is 14.4 Å². The highest BCUT2D eigenvalue weighted by Crippen LogP contribution is 2.41. The number of halogens is 2. The van der Waals surface area contributed by atoms with Crippen molar-refractivity contribution in [3.05, 3.63) is 41.5 Å². The molecule has 5 rings (SSSR count). The number of carbonyl (C=O) groups is 2. The Kier molecular flexibility index (Phi) is 7.11. The van der Waals surface area contributed by atoms with Crippen LogP contribution in [0.2, 0.25) is 0 Å². The Balaban J connectivity index is 1.58. The summed E-state index contributed by atoms with van der Waals surface area (Å²) in [6, 6.07) is 3.99. The molecule has 38 heavy (non-hydrogen) atoms. The molecule has 2 atom stereocenters. The third-order valence-corrected chi connectivity index (χ3v) is 8.07. The van der Waals surface area contributed by atoms with Gasteiger partial charge in [0.05, 0.1) is 48.1 Å². The first kappa shape index (κ1) is 26.1. The van der Waals surface area contributed by atoms with Crippen molar-refractivity contribution in [3.8, 4) is 0 Å². The van der Waals surface area contributed by atoms with E-state index in [9.17, 15) is 23.5 Å². The summed E-state index contributed by atoms with van der Waals surface area (Å²) in [5.74, 6) is -0.446. The Morgan fingerprint density at radius 2 is 1.92 bits per heavy atom. The fourth-order valence-corrected chi connectivity index (χ4v) is 6.06. The number of alkyl halides is 2. The van der Waals surface area contributed by atoms with Crippen molar-refractivity contribution in [2.75, 3.05) is 12.0 Å². The average Bonchev–Trinajstić information content (AvgIpc) is 3.53. The van der Waals surface area contributed by atoms with Crippen LogP contribution in [-0.4, -0.2) is 49.7 Å². The zero-order valence-corrected chi connectivity index (χ0v) is 21.8. The summed E-state index contributed by atoms with van der Waals surface area (Å²) in [6.07, 6.45) is 3.68. The number of nitrogens with zero attached hydrogens (tertiary/aromatic N) is 5. The number of carboxylic acids is 1. The second-order valence-corrected chi connectivity index (χ2v) is 10.5. The van der Waals surface area contributed by atoms with E-state index < -0.39 is 18.5 Å². The van der Waals surface area contributed by atoms with E-state index in [1.807, 2.05) is 26.0 Å². The third kappa shape index (κ3) is 4.63. The van der Waals surface area contributed by atoms with Crippen LogP contribution in [0.4, 0.5) is 19.3 Å². The van der Waals surface area contributed by atoms with Crippen LogP contribution in [0.3, 0.4) is 0 Å². The molecule has 9 nitrogen and oxygen atoms in total. The first-order valence-electron chi connectivity index (χ1n) is 13.1. The first-order valence-corrected chi connectivity index (χ1v) is 13.1. The lowest BCUT2D eigenvalue weighted by Gasteiger charge is -2.34. The maximum Gasteiger partial charge on any atom is 0.414 e. The van der Waals surface area contributed by atoms with Gasteiger partial charge in [-0.25, -0.2) is 18.6 Å². The van der Waals surface area contributed by atoms with Gasteiger partial charge in [-0.2, -0.15) is 5.10 Å². The van der Waals surface area contributed by atoms with Gasteiger partial charge in [0.2, 0.25) is 0 Å². The van der Waals surface area contributed by atoms with Gasteiger partial charge < -0.3 is 14.4 Å². The molecule has 1 fully saturated rings. The van der Waals surface area contributed by atoms with E-state index in [0.717, 1.165) is 41.0 Å². The number of ether oxygens (including phenoxy) is 1. The molecule has 2 unspecified atom stereocenters. The number of hydrogen-bond acceptors (Lipinski definition) is 5. The molecule has 1 aliphatic heterocycles. The van der Waals surface area contributed by atoms with E-state index >= 15 is 0 Å². The topological polar surface area (TPSA) is 102 Å². The predicted molar refractivity (Wildman–Crippen MR) is 137 cm³/mol. The molecule has 0 saturated heterocycles. The SMILES string of the molecule is COC(=O)N1c2ccc3c(nc(C(C)Cn4cc(C(F)F)cn4)n3C3CCC(C(=O)O)CC3)c2CCC1C. The summed E-state index contributed by atoms with van der Waals surface area (Å²) in [5, 5.41) is 13.6. The van der Waals surface area contributed by atoms with Crippen molar-refractivity contribution in [1.82, 2.24) is 19.3 Å². The predicted octanol–water partition coefficient (Wildman–Crippen LogP) is 5.70. The van der Waals surface area contributed by atoms with Crippen LogP contribution in [0.25, 0.3) is 11.0 Å². The van der Waals surface area contributed by atoms with E-state index in [0.29, 0.717) is 32.2 Å². The molecule has 1 N–H and O–H groups in total. The molecule has 2 aromatic heterocycles. The number of benzene rings is 1. The van der Waals surface area contributed by atoms with Crippen LogP contribution in [0.5, 0.6) is 0 Å². The Bertz CT molecular complexity index is 1340. The minimum Gasteiger partial charge on any atom is -0.481 e. The molecule has 1 aliphatic carbocycles. The molecule has 0 bridgehead atoms. The largest absolute Gasteiger partial charge is 0.481 e. The molecule has 3 aromatic rings. The summed E-state index contributed by atoms with van der Waals surface area (Å²) in [5.41, 5.74) is 3.41. The van der Waals surface area contributed by atoms with Crippen molar-refractivity contribution in [2.45, 2.75) is 83.3 Å². The zero-order valence-electron chi connectivity index (χ0n) is 21.8. The molecule has 0 spiro atoms. The van der Waals surface area contributed by atoms with Gasteiger partial charge in [-0.05, 0) is 57.6 Å². The summed E-state index contributed by atoms with van der Waals surface area (Å²) < 4.78 is 35.1. The van der Waals surface area contributed by atoms with Gasteiger partial charge in [0.15, 0.2) is 0 Å². The standard InChI is InChI=1S/C27H33F2N5O4/c1-15(13-32-14-18(12-30-32)24(28)29)25-31-23-20-9-4-16(2)33(27(37)38-3)21(20)10-11-22(23)34(25)19-7-5-17(6-8-19)26(35)36/h10-12,14-17,19,24H,4-9,13H2,1-3H3,(H,35,36). The van der Waals surface area contributed by atoms with Gasteiger partial charge in [-0.15, -0.1) is 0 Å². The Labute approximate surface area is 219 Å². The molecule has 11 heteroatoms. The number of carboxylic acid groups (broad SMARTS) is 1. The number of hydrogen-bond donors (Lipinski definition) is 1. The number of fused-ring (bicyclic) bond motifs is 3. The smallest absolute Gasteiger partial charge is 0.414 e. The van der Waals surface area contributed by atoms with E-state index in [2.05, 4.69) is 9.67 Å². The number of aliphatic carboxylic acids is 1. The van der Waals surface area contributed by atoms with Crippen molar-refractivity contribution in [2.24, 2.45) is 5.92 Å². The van der Waals surface area contributed by atoms with Crippen LogP contribution < -0.4 is 4.90 Å². The minimum absolute atomic E-state index is 0.0111. The highest BCUT2D eigenvalue weighted by molar-refractivity contribution is 5.95. The van der Waals surface area contributed by atoms with Crippen molar-refractivity contribution in [3.63, 3.8) is 0 Å². The van der Waals surface area contributed by atoms with Crippen molar-refractivity contribution < 1.29 is 28.2 Å². The minimum atomic E-state index is -2.58. The Morgan fingerprint density at radius 3 is 2.55 bits per heavy atom. The maximum absolute atomic E-state index is 13.1. The quantitative estimate of drug-likeness (QED) is 0.440. The maximum atomic E-state index is 13.1. The van der Waals surface area contributed by atoms with Crippen molar-refractivity contribution >= 4 is 28.8 Å². The van der Waals surface area contributed by atoms with Crippen LogP contribution >= 0.6 is 0 Å². The molecule has 204 valence electrons. The lowest BCUT2D eigenvalue weighted by Crippen LogP contribution is -2.42. The number of anilines is 1. The third-order valence-electron chi connectivity index (χ3n) is 8.07. The highest BCUT2D eigenvalue weighted by atomic mass is 19.3. The van der Waals surface area contributed by atoms with Crippen LogP contribution in [0, 0.1) is 5.92 Å². The average molecular weight is 530 g/mol. The first-order chi connectivity index (χ1) is 18.2. The number of carbonyl (C=O) groups excluding carboxylic acids is 1. The van der Waals surface area contributed by atoms with Crippen molar-refractivity contribution in [1.29, 1.82) is 0 Å². The molecule has 2 aliphatic rings. The highest BCUT2D eigenvalue weighted by Gasteiger charge is 2.34.